The number of hydrogen-bond donors (Lipinski definition) is 1. The third-order valence-electron chi connectivity index (χ3n) is 5.65. The highest BCUT2D eigenvalue weighted by Gasteiger charge is 2.25. The fourth-order valence-electron chi connectivity index (χ4n) is 3.90. The van der Waals surface area contributed by atoms with Crippen LogP contribution in [0.4, 0.5) is 0 Å². The summed E-state index contributed by atoms with van der Waals surface area (Å²) in [6.07, 6.45) is 3.67. The molecule has 162 valence electrons. The summed E-state index contributed by atoms with van der Waals surface area (Å²) >= 11 is 3.47. The number of amides is 1. The molecule has 2 heterocycles. The molecule has 0 unspecified atom stereocenters. The van der Waals surface area contributed by atoms with Crippen molar-refractivity contribution in [1.82, 2.24) is 20.4 Å². The van der Waals surface area contributed by atoms with Crippen molar-refractivity contribution in [2.75, 3.05) is 19.6 Å². The molecule has 6 nitrogen and oxygen atoms in total. The lowest BCUT2D eigenvalue weighted by Gasteiger charge is -2.30. The summed E-state index contributed by atoms with van der Waals surface area (Å²) in [7, 11) is 0. The van der Waals surface area contributed by atoms with E-state index in [-0.39, 0.29) is 11.8 Å². The number of hydrogen-bond acceptors (Lipinski definition) is 5. The van der Waals surface area contributed by atoms with E-state index in [1.807, 2.05) is 30.3 Å². The van der Waals surface area contributed by atoms with Gasteiger partial charge in [0.15, 0.2) is 0 Å². The SMILES string of the molecule is O=C(NCCCc1ccccc1)C1CCN(Cc2nc(-c3cccc(Br)c3)no2)CC1. The molecule has 0 aliphatic carbocycles. The molecule has 1 amide bonds. The van der Waals surface area contributed by atoms with Gasteiger partial charge in [-0.15, -0.1) is 0 Å². The quantitative estimate of drug-likeness (QED) is 0.479. The Kier molecular flexibility index (Phi) is 7.48. The predicted molar refractivity (Wildman–Crippen MR) is 123 cm³/mol. The van der Waals surface area contributed by atoms with Crippen LogP contribution in [0.15, 0.2) is 63.6 Å². The van der Waals surface area contributed by atoms with Gasteiger partial charge < -0.3 is 9.84 Å². The van der Waals surface area contributed by atoms with Crippen LogP contribution in [-0.2, 0) is 17.8 Å². The summed E-state index contributed by atoms with van der Waals surface area (Å²) in [5.41, 5.74) is 2.24. The van der Waals surface area contributed by atoms with Gasteiger partial charge in [0.2, 0.25) is 17.6 Å². The second kappa shape index (κ2) is 10.7. The number of likely N-dealkylation sites (tertiary alicyclic amines) is 1. The Morgan fingerprint density at radius 2 is 1.94 bits per heavy atom. The summed E-state index contributed by atoms with van der Waals surface area (Å²) in [4.78, 5) is 19.3. The maximum absolute atomic E-state index is 12.5. The van der Waals surface area contributed by atoms with E-state index in [1.165, 1.54) is 5.56 Å². The zero-order valence-corrected chi connectivity index (χ0v) is 19.1. The largest absolute Gasteiger partial charge is 0.356 e. The summed E-state index contributed by atoms with van der Waals surface area (Å²) < 4.78 is 6.42. The Morgan fingerprint density at radius 3 is 2.71 bits per heavy atom. The van der Waals surface area contributed by atoms with Gasteiger partial charge in [-0.2, -0.15) is 4.98 Å². The molecule has 1 N–H and O–H groups in total. The van der Waals surface area contributed by atoms with E-state index in [4.69, 9.17) is 4.52 Å². The molecule has 0 spiro atoms. The first-order chi connectivity index (χ1) is 15.2. The van der Waals surface area contributed by atoms with Crippen molar-refractivity contribution < 1.29 is 9.32 Å². The van der Waals surface area contributed by atoms with Gasteiger partial charge in [0, 0.05) is 22.5 Å². The van der Waals surface area contributed by atoms with Gasteiger partial charge in [-0.25, -0.2) is 0 Å². The minimum absolute atomic E-state index is 0.0906. The van der Waals surface area contributed by atoms with Gasteiger partial charge in [0.25, 0.3) is 0 Å². The Hall–Kier alpha value is -2.51. The molecule has 3 aromatic rings. The number of carbonyl (C=O) groups excluding carboxylic acids is 1. The molecule has 2 aromatic carbocycles. The zero-order chi connectivity index (χ0) is 21.5. The van der Waals surface area contributed by atoms with Crippen LogP contribution >= 0.6 is 15.9 Å². The van der Waals surface area contributed by atoms with E-state index in [0.717, 1.165) is 55.4 Å². The molecular formula is C24H27BrN4O2. The topological polar surface area (TPSA) is 71.3 Å². The number of carbonyl (C=O) groups is 1. The number of benzene rings is 2. The van der Waals surface area contributed by atoms with Crippen LogP contribution in [0, 0.1) is 5.92 Å². The Bertz CT molecular complexity index is 984. The van der Waals surface area contributed by atoms with Gasteiger partial charge >= 0.3 is 0 Å². The van der Waals surface area contributed by atoms with E-state index in [9.17, 15) is 4.79 Å². The number of aromatic nitrogens is 2. The standard InChI is InChI=1S/C24H27BrN4O2/c25-21-10-4-9-20(16-21)23-27-22(31-28-23)17-29-14-11-19(12-15-29)24(30)26-13-5-8-18-6-2-1-3-7-18/h1-4,6-7,9-10,16,19H,5,8,11-15,17H2,(H,26,30). The van der Waals surface area contributed by atoms with Gasteiger partial charge in [0.05, 0.1) is 6.54 Å². The summed E-state index contributed by atoms with van der Waals surface area (Å²) in [6.45, 7) is 3.06. The molecule has 0 radical (unpaired) electrons. The molecule has 7 heteroatoms. The van der Waals surface area contributed by atoms with Crippen molar-refractivity contribution in [1.29, 1.82) is 0 Å². The molecule has 0 atom stereocenters. The molecule has 0 bridgehead atoms. The Labute approximate surface area is 191 Å². The number of nitrogens with zero attached hydrogens (tertiary/aromatic N) is 3. The highest BCUT2D eigenvalue weighted by molar-refractivity contribution is 9.10. The smallest absolute Gasteiger partial charge is 0.241 e. The third-order valence-corrected chi connectivity index (χ3v) is 6.15. The predicted octanol–water partition coefficient (Wildman–Crippen LogP) is 4.46. The normalized spacial score (nSPS) is 15.1. The summed E-state index contributed by atoms with van der Waals surface area (Å²) in [6, 6.07) is 18.2. The highest BCUT2D eigenvalue weighted by atomic mass is 79.9. The lowest BCUT2D eigenvalue weighted by molar-refractivity contribution is -0.126. The average molecular weight is 483 g/mol. The number of halogens is 1. The number of rotatable bonds is 8. The maximum atomic E-state index is 12.5. The van der Waals surface area contributed by atoms with Crippen molar-refractivity contribution in [3.63, 3.8) is 0 Å². The first-order valence-electron chi connectivity index (χ1n) is 10.8. The monoisotopic (exact) mass is 482 g/mol. The Morgan fingerprint density at radius 1 is 1.13 bits per heavy atom. The Balaban J connectivity index is 1.18. The maximum Gasteiger partial charge on any atom is 0.241 e. The fourth-order valence-corrected chi connectivity index (χ4v) is 4.30. The molecule has 1 aromatic heterocycles. The average Bonchev–Trinajstić information content (AvgIpc) is 3.26. The fraction of sp³-hybridized carbons (Fsp3) is 0.375. The van der Waals surface area contributed by atoms with E-state index in [0.29, 0.717) is 18.3 Å². The minimum atomic E-state index is 0.0906. The third kappa shape index (κ3) is 6.24. The number of nitrogens with one attached hydrogen (secondary N) is 1. The van der Waals surface area contributed by atoms with Gasteiger partial charge in [-0.05, 0) is 56.5 Å². The highest BCUT2D eigenvalue weighted by Crippen LogP contribution is 2.22. The van der Waals surface area contributed by atoms with Crippen molar-refractivity contribution in [3.8, 4) is 11.4 Å². The minimum Gasteiger partial charge on any atom is -0.356 e. The molecule has 1 aliphatic rings. The van der Waals surface area contributed by atoms with E-state index in [2.05, 4.69) is 60.6 Å². The molecule has 0 saturated carbocycles. The van der Waals surface area contributed by atoms with Crippen LogP contribution < -0.4 is 5.32 Å². The molecule has 1 saturated heterocycles. The van der Waals surface area contributed by atoms with E-state index < -0.39 is 0 Å². The summed E-state index contributed by atoms with van der Waals surface area (Å²) in [5, 5.41) is 7.21. The van der Waals surface area contributed by atoms with Gasteiger partial charge in [0.1, 0.15) is 0 Å². The van der Waals surface area contributed by atoms with Crippen LogP contribution in [-0.4, -0.2) is 40.6 Å². The molecule has 1 fully saturated rings. The number of piperidine rings is 1. The van der Waals surface area contributed by atoms with Crippen molar-refractivity contribution in [2.24, 2.45) is 5.92 Å². The zero-order valence-electron chi connectivity index (χ0n) is 17.5. The van der Waals surface area contributed by atoms with Crippen molar-refractivity contribution in [3.05, 3.63) is 70.5 Å². The van der Waals surface area contributed by atoms with E-state index in [1.54, 1.807) is 0 Å². The van der Waals surface area contributed by atoms with Crippen LogP contribution in [0.25, 0.3) is 11.4 Å². The van der Waals surface area contributed by atoms with Crippen LogP contribution in [0.1, 0.15) is 30.7 Å². The van der Waals surface area contributed by atoms with Crippen molar-refractivity contribution in [2.45, 2.75) is 32.2 Å². The first kappa shape index (κ1) is 21.7. The summed E-state index contributed by atoms with van der Waals surface area (Å²) in [5.74, 6) is 1.48. The van der Waals surface area contributed by atoms with Crippen molar-refractivity contribution >= 4 is 21.8 Å². The van der Waals surface area contributed by atoms with E-state index >= 15 is 0 Å². The molecular weight excluding hydrogens is 456 g/mol. The second-order valence-electron chi connectivity index (χ2n) is 7.95. The van der Waals surface area contributed by atoms with Gasteiger partial charge in [-0.1, -0.05) is 63.6 Å². The molecule has 31 heavy (non-hydrogen) atoms. The molecule has 1 aliphatic heterocycles. The second-order valence-corrected chi connectivity index (χ2v) is 8.87. The number of aryl methyl sites for hydroxylation is 1. The van der Waals surface area contributed by atoms with Crippen LogP contribution in [0.2, 0.25) is 0 Å². The lowest BCUT2D eigenvalue weighted by atomic mass is 9.96. The van der Waals surface area contributed by atoms with Crippen LogP contribution in [0.5, 0.6) is 0 Å². The molecule has 4 rings (SSSR count). The van der Waals surface area contributed by atoms with Gasteiger partial charge in [-0.3, -0.25) is 9.69 Å². The van der Waals surface area contributed by atoms with Crippen LogP contribution in [0.3, 0.4) is 0 Å². The lowest BCUT2D eigenvalue weighted by Crippen LogP contribution is -2.40. The first-order valence-corrected chi connectivity index (χ1v) is 11.6.